The highest BCUT2D eigenvalue weighted by Gasteiger charge is 2.23. The molecule has 1 aliphatic rings. The maximum atomic E-state index is 12.3. The quantitative estimate of drug-likeness (QED) is 0.226. The van der Waals surface area contributed by atoms with Crippen LogP contribution in [0.1, 0.15) is 58.8 Å². The summed E-state index contributed by atoms with van der Waals surface area (Å²) in [5.74, 6) is -1.14. The summed E-state index contributed by atoms with van der Waals surface area (Å²) < 4.78 is 1.95. The number of carbonyl (C=O) groups excluding carboxylic acids is 2. The highest BCUT2D eigenvalue weighted by molar-refractivity contribution is 6.68. The summed E-state index contributed by atoms with van der Waals surface area (Å²) in [6.45, 7) is 11.0. The fourth-order valence-electron chi connectivity index (χ4n) is 4.26. The molecule has 0 aliphatic carbocycles. The van der Waals surface area contributed by atoms with Crippen molar-refractivity contribution in [3.05, 3.63) is 70.3 Å². The van der Waals surface area contributed by atoms with Crippen LogP contribution in [-0.2, 0) is 16.0 Å². The van der Waals surface area contributed by atoms with Crippen LogP contribution in [0, 0.1) is 13.8 Å². The van der Waals surface area contributed by atoms with Crippen molar-refractivity contribution in [1.82, 2.24) is 0 Å². The molecule has 1 amide bonds. The number of fused-ring (bicyclic) bond motifs is 1. The summed E-state index contributed by atoms with van der Waals surface area (Å²) in [5.41, 5.74) is 6.57. The summed E-state index contributed by atoms with van der Waals surface area (Å²) in [7, 11) is 0. The average molecular weight is 487 g/mol. The van der Waals surface area contributed by atoms with Crippen molar-refractivity contribution < 1.29 is 24.1 Å². The lowest BCUT2D eigenvalue weighted by atomic mass is 9.94. The molecule has 0 fully saturated rings. The van der Waals surface area contributed by atoms with Crippen LogP contribution < -0.4 is 0 Å². The molecule has 2 aromatic carbocycles. The van der Waals surface area contributed by atoms with Crippen LogP contribution in [0.15, 0.2) is 52.5 Å². The molecule has 7 nitrogen and oxygen atoms in total. The minimum atomic E-state index is -0.920. The smallest absolute Gasteiger partial charge is 0.335 e. The summed E-state index contributed by atoms with van der Waals surface area (Å²) in [4.78, 5) is 43.4. The van der Waals surface area contributed by atoms with Crippen LogP contribution in [0.4, 0.5) is 5.69 Å². The van der Waals surface area contributed by atoms with Gasteiger partial charge in [-0.1, -0.05) is 24.3 Å². The number of aryl methyl sites for hydroxylation is 2. The van der Waals surface area contributed by atoms with Crippen molar-refractivity contribution in [3.63, 3.8) is 0 Å². The van der Waals surface area contributed by atoms with Crippen molar-refractivity contribution >= 4 is 47.6 Å². The van der Waals surface area contributed by atoms with Gasteiger partial charge in [-0.25, -0.2) is 19.4 Å². The van der Waals surface area contributed by atoms with Gasteiger partial charge in [0.25, 0.3) is 0 Å². The molecular formula is C29H32N3O4+. The van der Waals surface area contributed by atoms with Gasteiger partial charge in [-0.2, -0.15) is 0 Å². The Morgan fingerprint density at radius 3 is 2.58 bits per heavy atom. The number of allylic oxidation sites excluding steroid dienone is 2. The predicted octanol–water partition coefficient (Wildman–Crippen LogP) is 4.78. The van der Waals surface area contributed by atoms with Crippen molar-refractivity contribution in [1.29, 1.82) is 0 Å². The molecule has 1 heterocycles. The van der Waals surface area contributed by atoms with Crippen LogP contribution in [-0.4, -0.2) is 59.1 Å². The molecule has 3 rings (SSSR count). The zero-order valence-corrected chi connectivity index (χ0v) is 21.1. The first kappa shape index (κ1) is 26.6. The number of rotatable bonds is 10. The van der Waals surface area contributed by atoms with Gasteiger partial charge in [0.05, 0.1) is 17.0 Å². The van der Waals surface area contributed by atoms with Crippen LogP contribution in [0.25, 0.3) is 5.57 Å². The summed E-state index contributed by atoms with van der Waals surface area (Å²) in [5, 5.41) is 9.36. The number of hydrogen-bond donors (Lipinski definition) is 1. The third-order valence-electron chi connectivity index (χ3n) is 6.38. The average Bonchev–Trinajstić information content (AvgIpc) is 2.98. The fourth-order valence-corrected chi connectivity index (χ4v) is 4.26. The van der Waals surface area contributed by atoms with Gasteiger partial charge in [0.15, 0.2) is 5.78 Å². The Hall–Kier alpha value is -4.00. The van der Waals surface area contributed by atoms with Crippen molar-refractivity contribution in [2.24, 2.45) is 9.98 Å². The zero-order chi connectivity index (χ0) is 26.2. The molecule has 0 unspecified atom stereocenters. The molecule has 0 saturated heterocycles. The molecule has 0 bridgehead atoms. The lowest BCUT2D eigenvalue weighted by Gasteiger charge is -2.11. The van der Waals surface area contributed by atoms with E-state index in [-0.39, 0.29) is 11.5 Å². The third kappa shape index (κ3) is 6.56. The minimum Gasteiger partial charge on any atom is -0.478 e. The van der Waals surface area contributed by atoms with Gasteiger partial charge in [-0.15, -0.1) is 0 Å². The number of carbonyl (C=O) groups is 3. The molecule has 7 heteroatoms. The molecule has 1 aliphatic heterocycles. The van der Waals surface area contributed by atoms with Crippen LogP contribution in [0.2, 0.25) is 0 Å². The number of ketones is 1. The first-order valence-electron chi connectivity index (χ1n) is 12.0. The van der Waals surface area contributed by atoms with Gasteiger partial charge in [-0.3, -0.25) is 9.59 Å². The lowest BCUT2D eigenvalue weighted by molar-refractivity contribution is -0.519. The lowest BCUT2D eigenvalue weighted by Crippen LogP contribution is -2.21. The molecule has 36 heavy (non-hydrogen) atoms. The van der Waals surface area contributed by atoms with E-state index in [1.54, 1.807) is 12.1 Å². The maximum absolute atomic E-state index is 12.3. The SMILES string of the molecule is C=[N+](CCCC=C1CC(=NC=O)C(C(C)=O)=Nc2cc(C)c(C)cc21)CCc1ccccc1C(=O)O. The second kappa shape index (κ2) is 12.1. The molecule has 0 radical (unpaired) electrons. The van der Waals surface area contributed by atoms with E-state index in [1.807, 2.05) is 36.6 Å². The minimum absolute atomic E-state index is 0.223. The number of hydrogen-bond acceptors (Lipinski definition) is 4. The Labute approximate surface area is 211 Å². The van der Waals surface area contributed by atoms with E-state index in [0.717, 1.165) is 47.2 Å². The first-order chi connectivity index (χ1) is 17.2. The number of carboxylic acid groups (broad SMARTS) is 1. The van der Waals surface area contributed by atoms with E-state index in [2.05, 4.69) is 28.8 Å². The topological polar surface area (TPSA) is 99.2 Å². The summed E-state index contributed by atoms with van der Waals surface area (Å²) in [6.07, 6.45) is 5.15. The monoisotopic (exact) mass is 486 g/mol. The largest absolute Gasteiger partial charge is 0.478 e. The molecule has 186 valence electrons. The second-order valence-corrected chi connectivity index (χ2v) is 9.03. The van der Waals surface area contributed by atoms with E-state index in [9.17, 15) is 19.5 Å². The van der Waals surface area contributed by atoms with Crippen molar-refractivity contribution in [2.75, 3.05) is 13.1 Å². The molecule has 0 saturated carbocycles. The molecule has 0 aromatic heterocycles. The number of aromatic carboxylic acids is 1. The first-order valence-corrected chi connectivity index (χ1v) is 12.0. The van der Waals surface area contributed by atoms with Gasteiger partial charge < -0.3 is 5.11 Å². The van der Waals surface area contributed by atoms with Crippen LogP contribution >= 0.6 is 0 Å². The second-order valence-electron chi connectivity index (χ2n) is 9.03. The molecule has 1 N–H and O–H groups in total. The van der Waals surface area contributed by atoms with Crippen molar-refractivity contribution in [3.8, 4) is 0 Å². The van der Waals surface area contributed by atoms with E-state index < -0.39 is 5.97 Å². The predicted molar refractivity (Wildman–Crippen MR) is 143 cm³/mol. The summed E-state index contributed by atoms with van der Waals surface area (Å²) in [6, 6.07) is 11.1. The van der Waals surface area contributed by atoms with Gasteiger partial charge in [-0.05, 0) is 60.7 Å². The van der Waals surface area contributed by atoms with Gasteiger partial charge in [0, 0.05) is 31.7 Å². The molecule has 0 atom stereocenters. The molecular weight excluding hydrogens is 454 g/mol. The van der Waals surface area contributed by atoms with Crippen molar-refractivity contribution in [2.45, 2.75) is 46.5 Å². The Balaban J connectivity index is 1.72. The van der Waals surface area contributed by atoms with Crippen LogP contribution in [0.5, 0.6) is 0 Å². The standard InChI is InChI=1S/C29H31N3O4/c1-19-15-25-23(17-27(30-18-33)28(21(3)34)31-26(25)16-20(19)2)10-7-8-13-32(4)14-12-22-9-5-6-11-24(22)29(35)36/h5-6,9-11,15-16,18H,4,7-8,12-14,17H2,1-3H3/p+1. The number of unbranched alkanes of at least 4 members (excludes halogenated alkanes) is 1. The number of Topliss-reactive ketones (excluding diaryl/α,β-unsaturated/α-hetero) is 1. The van der Waals surface area contributed by atoms with Gasteiger partial charge in [0.2, 0.25) is 6.41 Å². The van der Waals surface area contributed by atoms with Gasteiger partial charge >= 0.3 is 5.97 Å². The molecule has 2 aromatic rings. The maximum Gasteiger partial charge on any atom is 0.335 e. The zero-order valence-electron chi connectivity index (χ0n) is 21.1. The highest BCUT2D eigenvalue weighted by atomic mass is 16.4. The Morgan fingerprint density at radius 1 is 1.17 bits per heavy atom. The van der Waals surface area contributed by atoms with E-state index in [0.29, 0.717) is 42.8 Å². The van der Waals surface area contributed by atoms with E-state index in [4.69, 9.17) is 0 Å². The van der Waals surface area contributed by atoms with E-state index >= 15 is 0 Å². The highest BCUT2D eigenvalue weighted by Crippen LogP contribution is 2.35. The normalized spacial score (nSPS) is 15.2. The number of benzene rings is 2. The molecule has 0 spiro atoms. The van der Waals surface area contributed by atoms with Gasteiger partial charge in [0.1, 0.15) is 25.5 Å². The Kier molecular flexibility index (Phi) is 8.95. The fraction of sp³-hybridized carbons (Fsp3) is 0.310. The number of aliphatic imine (C=N–C) groups is 2. The number of amides is 1. The van der Waals surface area contributed by atoms with Crippen LogP contribution in [0.3, 0.4) is 0 Å². The number of carboxylic acids is 1. The Morgan fingerprint density at radius 2 is 1.89 bits per heavy atom. The number of nitrogens with zero attached hydrogens (tertiary/aromatic N) is 3. The Bertz CT molecular complexity index is 1300. The third-order valence-corrected chi connectivity index (χ3v) is 6.38. The summed E-state index contributed by atoms with van der Waals surface area (Å²) >= 11 is 0. The van der Waals surface area contributed by atoms with E-state index in [1.165, 1.54) is 6.92 Å².